The van der Waals surface area contributed by atoms with E-state index in [2.05, 4.69) is 37.1 Å². The molecule has 1 aromatic carbocycles. The first-order valence-electron chi connectivity index (χ1n) is 12.7. The molecule has 8 rings (SSSR count). The average molecular weight is 472 g/mol. The minimum Gasteiger partial charge on any atom is -0.493 e. The van der Waals surface area contributed by atoms with Crippen molar-refractivity contribution in [2.24, 2.45) is 10.8 Å². The number of pyridine rings is 1. The third kappa shape index (κ3) is 2.83. The lowest BCUT2D eigenvalue weighted by Crippen LogP contribution is -2.63. The number of carboxylic acids is 1. The molecule has 7 nitrogen and oxygen atoms in total. The fourth-order valence-corrected chi connectivity index (χ4v) is 7.39. The van der Waals surface area contributed by atoms with Crippen molar-refractivity contribution in [3.63, 3.8) is 0 Å². The predicted octanol–water partition coefficient (Wildman–Crippen LogP) is 4.73. The van der Waals surface area contributed by atoms with Crippen LogP contribution in [0, 0.1) is 22.2 Å². The van der Waals surface area contributed by atoms with E-state index in [-0.39, 0.29) is 28.0 Å². The van der Waals surface area contributed by atoms with Crippen molar-refractivity contribution < 1.29 is 14.6 Å². The lowest BCUT2D eigenvalue weighted by Gasteiger charge is -2.66. The summed E-state index contributed by atoms with van der Waals surface area (Å²) in [6, 6.07) is 8.46. The normalized spacial score (nSPS) is 30.8. The molecule has 0 unspecified atom stereocenters. The van der Waals surface area contributed by atoms with E-state index in [1.807, 2.05) is 4.68 Å². The summed E-state index contributed by atoms with van der Waals surface area (Å²) in [5.41, 5.74) is 3.35. The van der Waals surface area contributed by atoms with Gasteiger partial charge in [-0.1, -0.05) is 0 Å². The van der Waals surface area contributed by atoms with Crippen LogP contribution in [0.25, 0.3) is 11.3 Å². The first kappa shape index (κ1) is 21.0. The maximum absolute atomic E-state index is 12.7. The molecule has 2 aliphatic heterocycles. The molecule has 6 aliphatic rings. The van der Waals surface area contributed by atoms with Gasteiger partial charge >= 0.3 is 5.97 Å². The van der Waals surface area contributed by atoms with Crippen molar-refractivity contribution in [3.8, 4) is 23.1 Å². The minimum absolute atomic E-state index is 0.0831. The van der Waals surface area contributed by atoms with E-state index in [0.29, 0.717) is 12.5 Å². The minimum atomic E-state index is -1.20. The molecule has 4 aliphatic carbocycles. The second-order valence-electron chi connectivity index (χ2n) is 12.3. The average Bonchev–Trinajstić information content (AvgIpc) is 3.55. The maximum atomic E-state index is 12.7. The largest absolute Gasteiger partial charge is 0.493 e. The van der Waals surface area contributed by atoms with Gasteiger partial charge in [0.15, 0.2) is 5.43 Å². The Kier molecular flexibility index (Phi) is 3.90. The van der Waals surface area contributed by atoms with Crippen LogP contribution in [0.2, 0.25) is 0 Å². The van der Waals surface area contributed by atoms with Crippen LogP contribution in [0.5, 0.6) is 5.75 Å². The number of benzene rings is 1. The third-order valence-corrected chi connectivity index (χ3v) is 9.18. The second kappa shape index (κ2) is 6.48. The molecule has 0 amide bonds. The molecule has 35 heavy (non-hydrogen) atoms. The van der Waals surface area contributed by atoms with Gasteiger partial charge in [-0.3, -0.25) is 14.5 Å². The summed E-state index contributed by atoms with van der Waals surface area (Å²) in [6.07, 6.45) is 8.54. The van der Waals surface area contributed by atoms with Crippen LogP contribution in [-0.4, -0.2) is 27.9 Å². The quantitative estimate of drug-likeness (QED) is 0.677. The van der Waals surface area contributed by atoms with Gasteiger partial charge < -0.3 is 9.84 Å². The Balaban J connectivity index is 1.34. The van der Waals surface area contributed by atoms with E-state index in [4.69, 9.17) is 4.74 Å². The maximum Gasteiger partial charge on any atom is 0.341 e. The Labute approximate surface area is 203 Å². The van der Waals surface area contributed by atoms with Crippen molar-refractivity contribution in [3.05, 3.63) is 51.3 Å². The molecule has 3 heterocycles. The van der Waals surface area contributed by atoms with Crippen LogP contribution in [0.1, 0.15) is 92.2 Å². The van der Waals surface area contributed by atoms with Gasteiger partial charge in [0, 0.05) is 23.2 Å². The number of nitrogens with zero attached hydrogens (tertiary/aromatic N) is 3. The number of carbonyl (C=O) groups is 1. The molecule has 0 spiro atoms. The van der Waals surface area contributed by atoms with Crippen LogP contribution >= 0.6 is 0 Å². The number of rotatable bonds is 5. The first-order valence-corrected chi connectivity index (χ1v) is 12.7. The van der Waals surface area contributed by atoms with Crippen LogP contribution < -0.4 is 15.2 Å². The molecule has 1 atom stereocenters. The van der Waals surface area contributed by atoms with Gasteiger partial charge in [0.05, 0.1) is 35.4 Å². The fraction of sp³-hybridized carbons (Fsp3) is 0.536. The highest BCUT2D eigenvalue weighted by Crippen LogP contribution is 2.73. The van der Waals surface area contributed by atoms with E-state index >= 15 is 0 Å². The van der Waals surface area contributed by atoms with Crippen molar-refractivity contribution >= 4 is 5.97 Å². The summed E-state index contributed by atoms with van der Waals surface area (Å²) in [6.45, 7) is 5.00. The van der Waals surface area contributed by atoms with Gasteiger partial charge in [0.2, 0.25) is 0 Å². The summed E-state index contributed by atoms with van der Waals surface area (Å²) in [5, 5.41) is 21.2. The number of ether oxygens (including phenoxy) is 1. The van der Waals surface area contributed by atoms with Gasteiger partial charge in [-0.15, -0.1) is 0 Å². The van der Waals surface area contributed by atoms with Gasteiger partial charge in [-0.05, 0) is 88.0 Å². The molecule has 2 aromatic rings. The highest BCUT2D eigenvalue weighted by Gasteiger charge is 2.68. The predicted molar refractivity (Wildman–Crippen MR) is 129 cm³/mol. The molecule has 7 heteroatoms. The Morgan fingerprint density at radius 2 is 1.91 bits per heavy atom. The first-order chi connectivity index (χ1) is 16.6. The molecule has 1 aromatic heterocycles. The Morgan fingerprint density at radius 1 is 1.17 bits per heavy atom. The van der Waals surface area contributed by atoms with E-state index in [1.165, 1.54) is 17.8 Å². The molecule has 4 saturated carbocycles. The van der Waals surface area contributed by atoms with Crippen molar-refractivity contribution in [2.45, 2.75) is 76.3 Å². The van der Waals surface area contributed by atoms with Crippen molar-refractivity contribution in [1.29, 1.82) is 5.26 Å². The SMILES string of the molecule is CC1(C)CC[C@@H]2c3cc(OCC45CC(C#N)(C4)C5)c(C4CC4)cc3-c3cc(=O)c(C(=O)O)cn3N21. The Morgan fingerprint density at radius 3 is 2.57 bits per heavy atom. The number of carboxylic acid groups (broad SMARTS) is 1. The van der Waals surface area contributed by atoms with E-state index in [0.717, 1.165) is 67.5 Å². The second-order valence-corrected chi connectivity index (χ2v) is 12.3. The summed E-state index contributed by atoms with van der Waals surface area (Å²) >= 11 is 0. The van der Waals surface area contributed by atoms with Crippen LogP contribution in [0.3, 0.4) is 0 Å². The zero-order chi connectivity index (χ0) is 24.3. The lowest BCUT2D eigenvalue weighted by molar-refractivity contribution is -0.181. The van der Waals surface area contributed by atoms with Gasteiger partial charge in [0.1, 0.15) is 11.3 Å². The number of aromatic carboxylic acids is 1. The Hall–Kier alpha value is -3.27. The van der Waals surface area contributed by atoms with Crippen LogP contribution in [0.4, 0.5) is 0 Å². The highest BCUT2D eigenvalue weighted by atomic mass is 16.5. The van der Waals surface area contributed by atoms with Gasteiger partial charge in [0.25, 0.3) is 0 Å². The zero-order valence-corrected chi connectivity index (χ0v) is 20.1. The highest BCUT2D eigenvalue weighted by molar-refractivity contribution is 5.88. The number of nitriles is 1. The number of hydrogen-bond donors (Lipinski definition) is 1. The van der Waals surface area contributed by atoms with E-state index in [1.54, 1.807) is 0 Å². The molecule has 1 saturated heterocycles. The smallest absolute Gasteiger partial charge is 0.341 e. The van der Waals surface area contributed by atoms with Crippen LogP contribution in [0.15, 0.2) is 29.2 Å². The van der Waals surface area contributed by atoms with Crippen molar-refractivity contribution in [1.82, 2.24) is 4.68 Å². The third-order valence-electron chi connectivity index (χ3n) is 9.18. The molecule has 2 bridgehead atoms. The molecular formula is C28H29N3O4. The molecular weight excluding hydrogens is 442 g/mol. The van der Waals surface area contributed by atoms with E-state index < -0.39 is 11.4 Å². The molecule has 180 valence electrons. The fourth-order valence-electron chi connectivity index (χ4n) is 7.39. The number of aromatic nitrogens is 1. The summed E-state index contributed by atoms with van der Waals surface area (Å²) in [4.78, 5) is 24.5. The van der Waals surface area contributed by atoms with Crippen LogP contribution in [-0.2, 0) is 0 Å². The summed E-state index contributed by atoms with van der Waals surface area (Å²) in [7, 11) is 0. The Bertz CT molecular complexity index is 1390. The monoisotopic (exact) mass is 471 g/mol. The van der Waals surface area contributed by atoms with Gasteiger partial charge in [-0.2, -0.15) is 5.26 Å². The lowest BCUT2D eigenvalue weighted by atomic mass is 9.36. The van der Waals surface area contributed by atoms with Gasteiger partial charge in [-0.25, -0.2) is 4.79 Å². The summed E-state index contributed by atoms with van der Waals surface area (Å²) < 4.78 is 8.45. The number of hydrogen-bond acceptors (Lipinski definition) is 5. The molecule has 5 fully saturated rings. The summed E-state index contributed by atoms with van der Waals surface area (Å²) in [5.74, 6) is 0.216. The van der Waals surface area contributed by atoms with E-state index in [9.17, 15) is 20.0 Å². The van der Waals surface area contributed by atoms with Crippen molar-refractivity contribution in [2.75, 3.05) is 11.6 Å². The topological polar surface area (TPSA) is 95.6 Å². The number of fused-ring (bicyclic) bond motifs is 6. The molecule has 1 N–H and O–H groups in total. The standard InChI is InChI=1S/C28H29N3O4/c1-26(2)6-5-21-19-8-24(35-15-28-11-27(12-28,13-28)14-29)17(16-3-4-16)7-18(19)22-9-23(32)20(25(33)34)10-30(22)31(21)26/h7-10,16,21H,3-6,11-13,15H2,1-2H3,(H,33,34)/t21-,27?,28?/m1/s1. The molecule has 0 radical (unpaired) electrons. The zero-order valence-electron chi connectivity index (χ0n) is 20.1.